The maximum absolute atomic E-state index is 12.6. The van der Waals surface area contributed by atoms with Gasteiger partial charge in [0, 0.05) is 6.54 Å². The maximum atomic E-state index is 12.6. The Morgan fingerprint density at radius 1 is 1.00 bits per heavy atom. The fraction of sp³-hybridized carbons (Fsp3) is 0.176. The first kappa shape index (κ1) is 19.1. The van der Waals surface area contributed by atoms with E-state index in [1.807, 2.05) is 12.1 Å². The molecule has 0 aliphatic rings. The van der Waals surface area contributed by atoms with Gasteiger partial charge in [-0.2, -0.15) is 18.3 Å². The Kier molecular flexibility index (Phi) is 5.29. The number of halogens is 3. The van der Waals surface area contributed by atoms with Crippen LogP contribution in [0.5, 0.6) is 0 Å². The lowest BCUT2D eigenvalue weighted by molar-refractivity contribution is -0.137. The number of nitrogens with zero attached hydrogens (tertiary/aromatic N) is 3. The average molecular weight is 396 g/mol. The van der Waals surface area contributed by atoms with E-state index in [-0.39, 0.29) is 11.4 Å². The molecule has 1 N–H and O–H groups in total. The molecule has 0 atom stereocenters. The lowest BCUT2D eigenvalue weighted by Crippen LogP contribution is -2.24. The summed E-state index contributed by atoms with van der Waals surface area (Å²) in [5.41, 5.74) is 0.668. The summed E-state index contributed by atoms with van der Waals surface area (Å²) < 4.78 is 66.6. The third kappa shape index (κ3) is 4.72. The molecule has 0 saturated carbocycles. The van der Waals surface area contributed by atoms with E-state index >= 15 is 0 Å². The Bertz CT molecular complexity index is 1000. The molecule has 2 aromatic carbocycles. The van der Waals surface area contributed by atoms with Gasteiger partial charge in [-0.25, -0.2) is 22.8 Å². The molecule has 1 aromatic heterocycles. The van der Waals surface area contributed by atoms with Gasteiger partial charge in [0.25, 0.3) is 0 Å². The van der Waals surface area contributed by atoms with E-state index in [0.717, 1.165) is 35.4 Å². The molecule has 0 spiro atoms. The fourth-order valence-electron chi connectivity index (χ4n) is 2.45. The van der Waals surface area contributed by atoms with Gasteiger partial charge >= 0.3 is 6.18 Å². The van der Waals surface area contributed by atoms with Crippen LogP contribution in [0.3, 0.4) is 0 Å². The van der Waals surface area contributed by atoms with Crippen molar-refractivity contribution in [2.24, 2.45) is 0 Å². The molecule has 0 fully saturated rings. The molecule has 142 valence electrons. The van der Waals surface area contributed by atoms with Crippen LogP contribution >= 0.6 is 0 Å². The number of nitrogens with one attached hydrogen (secondary N) is 1. The largest absolute Gasteiger partial charge is 0.416 e. The van der Waals surface area contributed by atoms with Crippen LogP contribution in [0.1, 0.15) is 16.7 Å². The minimum Gasteiger partial charge on any atom is -0.249 e. The van der Waals surface area contributed by atoms with E-state index in [9.17, 15) is 21.6 Å². The second-order valence-electron chi connectivity index (χ2n) is 5.71. The zero-order valence-electron chi connectivity index (χ0n) is 13.9. The molecule has 0 radical (unpaired) electrons. The summed E-state index contributed by atoms with van der Waals surface area (Å²) in [6, 6.07) is 10.6. The van der Waals surface area contributed by atoms with Crippen molar-refractivity contribution >= 4 is 10.0 Å². The van der Waals surface area contributed by atoms with Crippen LogP contribution in [0.4, 0.5) is 13.2 Å². The Hall–Kier alpha value is -2.72. The van der Waals surface area contributed by atoms with Crippen LogP contribution in [0, 0.1) is 0 Å². The molecule has 3 rings (SSSR count). The third-order valence-corrected chi connectivity index (χ3v) is 5.28. The van der Waals surface area contributed by atoms with Crippen molar-refractivity contribution in [2.75, 3.05) is 0 Å². The van der Waals surface area contributed by atoms with Crippen LogP contribution in [-0.4, -0.2) is 23.2 Å². The van der Waals surface area contributed by atoms with Crippen molar-refractivity contribution in [3.63, 3.8) is 0 Å². The quantitative estimate of drug-likeness (QED) is 0.695. The van der Waals surface area contributed by atoms with Gasteiger partial charge < -0.3 is 0 Å². The van der Waals surface area contributed by atoms with Crippen molar-refractivity contribution in [1.82, 2.24) is 19.5 Å². The molecule has 27 heavy (non-hydrogen) atoms. The summed E-state index contributed by atoms with van der Waals surface area (Å²) in [6.45, 7) is 0.409. The van der Waals surface area contributed by atoms with Crippen LogP contribution in [0.15, 0.2) is 66.1 Å². The first-order chi connectivity index (χ1) is 12.8. The van der Waals surface area contributed by atoms with Crippen LogP contribution in [0.25, 0.3) is 0 Å². The van der Waals surface area contributed by atoms with Gasteiger partial charge in [0.05, 0.1) is 17.0 Å². The summed E-state index contributed by atoms with van der Waals surface area (Å²) in [6.07, 6.45) is -1.57. The number of rotatable bonds is 6. The van der Waals surface area contributed by atoms with Crippen molar-refractivity contribution < 1.29 is 21.6 Å². The predicted molar refractivity (Wildman–Crippen MR) is 91.0 cm³/mol. The Balaban J connectivity index is 1.74. The molecule has 10 heteroatoms. The number of benzene rings is 2. The highest BCUT2D eigenvalue weighted by Gasteiger charge is 2.30. The third-order valence-electron chi connectivity index (χ3n) is 3.86. The molecular weight excluding hydrogens is 381 g/mol. The molecule has 0 unspecified atom stereocenters. The van der Waals surface area contributed by atoms with E-state index in [2.05, 4.69) is 14.8 Å². The Labute approximate surface area is 153 Å². The smallest absolute Gasteiger partial charge is 0.249 e. The van der Waals surface area contributed by atoms with Gasteiger partial charge in [0.1, 0.15) is 12.7 Å². The molecule has 0 aliphatic carbocycles. The number of sulfonamides is 1. The van der Waals surface area contributed by atoms with Crippen molar-refractivity contribution in [2.45, 2.75) is 24.2 Å². The zero-order valence-corrected chi connectivity index (χ0v) is 14.7. The zero-order chi connectivity index (χ0) is 19.5. The lowest BCUT2D eigenvalue weighted by Gasteiger charge is -2.12. The summed E-state index contributed by atoms with van der Waals surface area (Å²) >= 11 is 0. The van der Waals surface area contributed by atoms with Crippen molar-refractivity contribution in [3.05, 3.63) is 77.9 Å². The SMILES string of the molecule is O=S(=O)(NCc1ccccc1Cn1cncn1)c1ccc(C(F)(F)F)cc1. The summed E-state index contributed by atoms with van der Waals surface area (Å²) in [5, 5.41) is 4.01. The Morgan fingerprint density at radius 2 is 1.67 bits per heavy atom. The summed E-state index contributed by atoms with van der Waals surface area (Å²) in [7, 11) is -3.95. The lowest BCUT2D eigenvalue weighted by atomic mass is 10.1. The van der Waals surface area contributed by atoms with Gasteiger partial charge in [0.2, 0.25) is 10.0 Å². The number of hydrogen-bond donors (Lipinski definition) is 1. The second-order valence-corrected chi connectivity index (χ2v) is 7.48. The van der Waals surface area contributed by atoms with E-state index in [1.54, 1.807) is 23.1 Å². The summed E-state index contributed by atoms with van der Waals surface area (Å²) in [5.74, 6) is 0. The standard InChI is InChI=1S/C17H15F3N4O2S/c18-17(19,20)15-5-7-16(8-6-15)27(25,26)23-9-13-3-1-2-4-14(13)10-24-12-21-11-22-24/h1-8,11-12,23H,9-10H2. The van der Waals surface area contributed by atoms with Gasteiger partial charge in [-0.15, -0.1) is 0 Å². The van der Waals surface area contributed by atoms with E-state index in [0.29, 0.717) is 6.54 Å². The minimum absolute atomic E-state index is 0.00573. The van der Waals surface area contributed by atoms with Gasteiger partial charge in [-0.1, -0.05) is 24.3 Å². The topological polar surface area (TPSA) is 76.9 Å². The molecule has 0 amide bonds. The minimum atomic E-state index is -4.52. The number of aromatic nitrogens is 3. The average Bonchev–Trinajstić information content (AvgIpc) is 3.13. The fourth-order valence-corrected chi connectivity index (χ4v) is 3.46. The highest BCUT2D eigenvalue weighted by molar-refractivity contribution is 7.89. The monoisotopic (exact) mass is 396 g/mol. The molecule has 0 saturated heterocycles. The predicted octanol–water partition coefficient (Wildman–Crippen LogP) is 2.82. The van der Waals surface area contributed by atoms with Gasteiger partial charge in [0.15, 0.2) is 0 Å². The van der Waals surface area contributed by atoms with Gasteiger partial charge in [-0.05, 0) is 35.4 Å². The first-order valence-corrected chi connectivity index (χ1v) is 9.30. The maximum Gasteiger partial charge on any atom is 0.416 e. The molecule has 6 nitrogen and oxygen atoms in total. The molecule has 3 aromatic rings. The van der Waals surface area contributed by atoms with Crippen molar-refractivity contribution in [1.29, 1.82) is 0 Å². The van der Waals surface area contributed by atoms with E-state index in [4.69, 9.17) is 0 Å². The molecule has 0 aliphatic heterocycles. The normalized spacial score (nSPS) is 12.3. The summed E-state index contributed by atoms with van der Waals surface area (Å²) in [4.78, 5) is 3.63. The van der Waals surface area contributed by atoms with Gasteiger partial charge in [-0.3, -0.25) is 0 Å². The van der Waals surface area contributed by atoms with Crippen molar-refractivity contribution in [3.8, 4) is 0 Å². The highest BCUT2D eigenvalue weighted by atomic mass is 32.2. The number of alkyl halides is 3. The number of hydrogen-bond acceptors (Lipinski definition) is 4. The Morgan fingerprint density at radius 3 is 2.26 bits per heavy atom. The molecule has 1 heterocycles. The first-order valence-electron chi connectivity index (χ1n) is 7.82. The molecular formula is C17H15F3N4O2S. The second kappa shape index (κ2) is 7.49. The van der Waals surface area contributed by atoms with Crippen LogP contribution in [-0.2, 0) is 29.3 Å². The van der Waals surface area contributed by atoms with Crippen LogP contribution < -0.4 is 4.72 Å². The van der Waals surface area contributed by atoms with Crippen LogP contribution in [0.2, 0.25) is 0 Å². The molecule has 0 bridgehead atoms. The van der Waals surface area contributed by atoms with E-state index < -0.39 is 21.8 Å². The van der Waals surface area contributed by atoms with E-state index in [1.165, 1.54) is 6.33 Å². The highest BCUT2D eigenvalue weighted by Crippen LogP contribution is 2.29.